The van der Waals surface area contributed by atoms with Gasteiger partial charge in [-0.1, -0.05) is 0 Å². The number of aromatic nitrogens is 1. The highest BCUT2D eigenvalue weighted by molar-refractivity contribution is 5.87. The summed E-state index contributed by atoms with van der Waals surface area (Å²) in [6, 6.07) is 1.13. The number of pyridine rings is 1. The van der Waals surface area contributed by atoms with Gasteiger partial charge < -0.3 is 10.5 Å². The van der Waals surface area contributed by atoms with Crippen LogP contribution in [0.2, 0.25) is 0 Å². The summed E-state index contributed by atoms with van der Waals surface area (Å²) >= 11 is 0. The van der Waals surface area contributed by atoms with E-state index in [-0.39, 0.29) is 5.69 Å². The van der Waals surface area contributed by atoms with Crippen LogP contribution in [0.1, 0.15) is 5.69 Å². The summed E-state index contributed by atoms with van der Waals surface area (Å²) in [5.41, 5.74) is 5.95. The molecule has 0 amide bonds. The van der Waals surface area contributed by atoms with E-state index in [0.29, 0.717) is 5.69 Å². The Morgan fingerprint density at radius 3 is 3.00 bits per heavy atom. The number of halogens is 1. The molecule has 0 saturated heterocycles. The molecule has 0 atom stereocenters. The van der Waals surface area contributed by atoms with Crippen LogP contribution in [0.5, 0.6) is 0 Å². The molecule has 14 heavy (non-hydrogen) atoms. The van der Waals surface area contributed by atoms with E-state index < -0.39 is 11.8 Å². The van der Waals surface area contributed by atoms with Crippen molar-refractivity contribution >= 4 is 17.7 Å². The van der Waals surface area contributed by atoms with Gasteiger partial charge in [0, 0.05) is 12.1 Å². The molecule has 1 rings (SSSR count). The van der Waals surface area contributed by atoms with Crippen LogP contribution >= 0.6 is 0 Å². The number of esters is 1. The molecule has 0 saturated carbocycles. The molecule has 0 unspecified atom stereocenters. The summed E-state index contributed by atoms with van der Waals surface area (Å²) in [7, 11) is 1.26. The van der Waals surface area contributed by atoms with Crippen LogP contribution in [0.4, 0.5) is 10.1 Å². The number of carbonyl (C=O) groups is 1. The summed E-state index contributed by atoms with van der Waals surface area (Å²) in [6.07, 6.45) is 3.55. The van der Waals surface area contributed by atoms with E-state index in [2.05, 4.69) is 9.72 Å². The molecule has 0 aliphatic rings. The molecular weight excluding hydrogens is 187 g/mol. The Hall–Kier alpha value is -1.91. The van der Waals surface area contributed by atoms with Gasteiger partial charge >= 0.3 is 5.97 Å². The van der Waals surface area contributed by atoms with Crippen molar-refractivity contribution in [1.82, 2.24) is 4.98 Å². The number of hydrogen-bond acceptors (Lipinski definition) is 4. The van der Waals surface area contributed by atoms with Gasteiger partial charge in [0.2, 0.25) is 0 Å². The van der Waals surface area contributed by atoms with E-state index >= 15 is 0 Å². The zero-order valence-corrected chi connectivity index (χ0v) is 7.53. The molecule has 5 heteroatoms. The summed E-state index contributed by atoms with van der Waals surface area (Å²) < 4.78 is 16.9. The van der Waals surface area contributed by atoms with Gasteiger partial charge in [-0.15, -0.1) is 0 Å². The van der Waals surface area contributed by atoms with Gasteiger partial charge in [-0.3, -0.25) is 4.98 Å². The first-order chi connectivity index (χ1) is 6.63. The zero-order valence-electron chi connectivity index (χ0n) is 7.53. The predicted octanol–water partition coefficient (Wildman–Crippen LogP) is 0.989. The van der Waals surface area contributed by atoms with Crippen molar-refractivity contribution in [2.75, 3.05) is 12.8 Å². The molecule has 0 spiro atoms. The topological polar surface area (TPSA) is 65.2 Å². The molecule has 0 aromatic carbocycles. The average Bonchev–Trinajstić information content (AvgIpc) is 2.16. The first kappa shape index (κ1) is 10.2. The Bertz CT molecular complexity index is 377. The number of nitrogen functional groups attached to an aromatic ring is 1. The van der Waals surface area contributed by atoms with E-state index in [0.717, 1.165) is 18.3 Å². The second-order valence-electron chi connectivity index (χ2n) is 2.48. The molecule has 74 valence electrons. The minimum atomic E-state index is -0.518. The minimum absolute atomic E-state index is 0.171. The van der Waals surface area contributed by atoms with Crippen LogP contribution in [0, 0.1) is 5.82 Å². The lowest BCUT2D eigenvalue weighted by Crippen LogP contribution is -1.96. The molecule has 0 bridgehead atoms. The molecule has 0 radical (unpaired) electrons. The SMILES string of the molecule is COC(=O)C=Cc1ncc(F)cc1N. The van der Waals surface area contributed by atoms with Crippen LogP contribution < -0.4 is 5.73 Å². The normalized spacial score (nSPS) is 10.4. The van der Waals surface area contributed by atoms with E-state index in [9.17, 15) is 9.18 Å². The first-order valence-electron chi connectivity index (χ1n) is 3.80. The van der Waals surface area contributed by atoms with Gasteiger partial charge in [0.15, 0.2) is 0 Å². The quantitative estimate of drug-likeness (QED) is 0.565. The second kappa shape index (κ2) is 4.36. The highest BCUT2D eigenvalue weighted by Gasteiger charge is 1.99. The van der Waals surface area contributed by atoms with E-state index in [1.807, 2.05) is 0 Å². The lowest BCUT2D eigenvalue weighted by Gasteiger charge is -1.98. The smallest absolute Gasteiger partial charge is 0.330 e. The molecule has 0 fully saturated rings. The van der Waals surface area contributed by atoms with Crippen LogP contribution in [0.25, 0.3) is 6.08 Å². The summed E-state index contributed by atoms with van der Waals surface area (Å²) in [5, 5.41) is 0. The van der Waals surface area contributed by atoms with Crippen molar-refractivity contribution in [3.63, 3.8) is 0 Å². The molecular formula is C9H9FN2O2. The minimum Gasteiger partial charge on any atom is -0.466 e. The lowest BCUT2D eigenvalue weighted by molar-refractivity contribution is -0.134. The van der Waals surface area contributed by atoms with Crippen molar-refractivity contribution in [2.45, 2.75) is 0 Å². The van der Waals surface area contributed by atoms with Gasteiger partial charge in [-0.2, -0.15) is 0 Å². The summed E-state index contributed by atoms with van der Waals surface area (Å²) in [6.45, 7) is 0. The number of ether oxygens (including phenoxy) is 1. The van der Waals surface area contributed by atoms with E-state index in [4.69, 9.17) is 5.73 Å². The third-order valence-electron chi connectivity index (χ3n) is 1.49. The molecule has 2 N–H and O–H groups in total. The Labute approximate surface area is 80.2 Å². The zero-order chi connectivity index (χ0) is 10.6. The van der Waals surface area contributed by atoms with Crippen molar-refractivity contribution < 1.29 is 13.9 Å². The van der Waals surface area contributed by atoms with Crippen LogP contribution in [0.15, 0.2) is 18.3 Å². The highest BCUT2D eigenvalue weighted by Crippen LogP contribution is 2.11. The first-order valence-corrected chi connectivity index (χ1v) is 3.80. The molecule has 1 heterocycles. The van der Waals surface area contributed by atoms with Gasteiger partial charge in [0.05, 0.1) is 24.7 Å². The molecule has 4 nitrogen and oxygen atoms in total. The average molecular weight is 196 g/mol. The fraction of sp³-hybridized carbons (Fsp3) is 0.111. The van der Waals surface area contributed by atoms with Crippen molar-refractivity contribution in [1.29, 1.82) is 0 Å². The van der Waals surface area contributed by atoms with Gasteiger partial charge in [-0.05, 0) is 6.08 Å². The van der Waals surface area contributed by atoms with Crippen molar-refractivity contribution in [2.24, 2.45) is 0 Å². The molecule has 1 aromatic rings. The second-order valence-corrected chi connectivity index (χ2v) is 2.48. The third-order valence-corrected chi connectivity index (χ3v) is 1.49. The van der Waals surface area contributed by atoms with Gasteiger partial charge in [0.25, 0.3) is 0 Å². The van der Waals surface area contributed by atoms with E-state index in [1.54, 1.807) is 0 Å². The predicted molar refractivity (Wildman–Crippen MR) is 49.7 cm³/mol. The number of rotatable bonds is 2. The number of nitrogens with zero attached hydrogens (tertiary/aromatic N) is 1. The van der Waals surface area contributed by atoms with Crippen LogP contribution in [-0.4, -0.2) is 18.1 Å². The fourth-order valence-electron chi connectivity index (χ4n) is 0.820. The van der Waals surface area contributed by atoms with Crippen molar-refractivity contribution in [3.05, 3.63) is 29.9 Å². The summed E-state index contributed by atoms with van der Waals surface area (Å²) in [4.78, 5) is 14.4. The third kappa shape index (κ3) is 2.55. The Kier molecular flexibility index (Phi) is 3.17. The number of hydrogen-bond donors (Lipinski definition) is 1. The maximum atomic E-state index is 12.6. The standard InChI is InChI=1S/C9H9FN2O2/c1-14-9(13)3-2-8-7(11)4-6(10)5-12-8/h2-5H,11H2,1H3. The molecule has 0 aliphatic carbocycles. The molecule has 1 aromatic heterocycles. The van der Waals surface area contributed by atoms with Crippen LogP contribution in [-0.2, 0) is 9.53 Å². The highest BCUT2D eigenvalue weighted by atomic mass is 19.1. The Balaban J connectivity index is 2.87. The monoisotopic (exact) mass is 196 g/mol. The number of methoxy groups -OCH3 is 1. The van der Waals surface area contributed by atoms with Gasteiger partial charge in [0.1, 0.15) is 5.82 Å². The van der Waals surface area contributed by atoms with Gasteiger partial charge in [-0.25, -0.2) is 9.18 Å². The van der Waals surface area contributed by atoms with E-state index in [1.165, 1.54) is 13.2 Å². The maximum Gasteiger partial charge on any atom is 0.330 e. The largest absolute Gasteiger partial charge is 0.466 e. The summed E-state index contributed by atoms with van der Waals surface area (Å²) in [5.74, 6) is -1.03. The van der Waals surface area contributed by atoms with Crippen molar-refractivity contribution in [3.8, 4) is 0 Å². The number of nitrogens with two attached hydrogens (primary N) is 1. The number of anilines is 1. The molecule has 0 aliphatic heterocycles. The number of carbonyl (C=O) groups excluding carboxylic acids is 1. The Morgan fingerprint density at radius 1 is 1.71 bits per heavy atom. The fourth-order valence-corrected chi connectivity index (χ4v) is 0.820. The maximum absolute atomic E-state index is 12.6. The Morgan fingerprint density at radius 2 is 2.43 bits per heavy atom. The lowest BCUT2D eigenvalue weighted by atomic mass is 10.3. The van der Waals surface area contributed by atoms with Crippen LogP contribution in [0.3, 0.4) is 0 Å².